The zero-order chi connectivity index (χ0) is 13.0. The van der Waals surface area contributed by atoms with Crippen LogP contribution in [0.4, 0.5) is 0 Å². The van der Waals surface area contributed by atoms with E-state index in [4.69, 9.17) is 4.98 Å². The zero-order valence-corrected chi connectivity index (χ0v) is 11.9. The summed E-state index contributed by atoms with van der Waals surface area (Å²) < 4.78 is 0. The lowest BCUT2D eigenvalue weighted by atomic mass is 9.77. The van der Waals surface area contributed by atoms with E-state index in [1.807, 2.05) is 0 Å². The molecule has 3 unspecified atom stereocenters. The second-order valence-corrected chi connectivity index (χ2v) is 5.77. The first-order valence-electron chi connectivity index (χ1n) is 7.37. The monoisotopic (exact) mass is 246 g/mol. The molecule has 1 aliphatic rings. The van der Waals surface area contributed by atoms with Gasteiger partial charge in [-0.1, -0.05) is 32.8 Å². The lowest BCUT2D eigenvalue weighted by Gasteiger charge is -2.33. The van der Waals surface area contributed by atoms with Crippen LogP contribution in [0.3, 0.4) is 0 Å². The van der Waals surface area contributed by atoms with Gasteiger partial charge >= 0.3 is 0 Å². The van der Waals surface area contributed by atoms with Crippen molar-refractivity contribution >= 4 is 0 Å². The SMILES string of the molecule is CCNC(c1cccc(C)n1)C1CCCC(C)C1. The van der Waals surface area contributed by atoms with Crippen LogP contribution in [-0.2, 0) is 0 Å². The van der Waals surface area contributed by atoms with Gasteiger partial charge in [-0.15, -0.1) is 0 Å². The molecular formula is C16H26N2. The van der Waals surface area contributed by atoms with Gasteiger partial charge in [0.05, 0.1) is 11.7 Å². The molecule has 18 heavy (non-hydrogen) atoms. The molecule has 0 aromatic carbocycles. The van der Waals surface area contributed by atoms with Gasteiger partial charge in [-0.2, -0.15) is 0 Å². The summed E-state index contributed by atoms with van der Waals surface area (Å²) in [4.78, 5) is 4.73. The highest BCUT2D eigenvalue weighted by molar-refractivity contribution is 5.14. The standard InChI is InChI=1S/C16H26N2/c1-4-17-16(14-9-5-7-12(2)11-14)15-10-6-8-13(3)18-15/h6,8,10,12,14,16-17H,4-5,7,9,11H2,1-3H3. The number of rotatable bonds is 4. The van der Waals surface area contributed by atoms with Crippen molar-refractivity contribution in [3.63, 3.8) is 0 Å². The van der Waals surface area contributed by atoms with E-state index in [9.17, 15) is 0 Å². The summed E-state index contributed by atoms with van der Waals surface area (Å²) in [6.45, 7) is 7.68. The molecule has 0 saturated heterocycles. The lowest BCUT2D eigenvalue weighted by Crippen LogP contribution is -2.32. The largest absolute Gasteiger partial charge is 0.309 e. The molecule has 0 spiro atoms. The lowest BCUT2D eigenvalue weighted by molar-refractivity contribution is 0.222. The molecule has 1 N–H and O–H groups in total. The van der Waals surface area contributed by atoms with E-state index in [0.29, 0.717) is 6.04 Å². The summed E-state index contributed by atoms with van der Waals surface area (Å²) in [6.07, 6.45) is 5.46. The molecule has 100 valence electrons. The Kier molecular flexibility index (Phi) is 4.76. The van der Waals surface area contributed by atoms with Gasteiger partial charge in [0.25, 0.3) is 0 Å². The van der Waals surface area contributed by atoms with Crippen molar-refractivity contribution in [1.82, 2.24) is 10.3 Å². The average molecular weight is 246 g/mol. The molecule has 0 bridgehead atoms. The molecule has 0 aliphatic heterocycles. The fraction of sp³-hybridized carbons (Fsp3) is 0.688. The third-order valence-corrected chi connectivity index (χ3v) is 4.10. The van der Waals surface area contributed by atoms with Crippen LogP contribution in [0.1, 0.15) is 57.0 Å². The molecule has 1 heterocycles. The highest BCUT2D eigenvalue weighted by Gasteiger charge is 2.28. The molecular weight excluding hydrogens is 220 g/mol. The van der Waals surface area contributed by atoms with E-state index >= 15 is 0 Å². The summed E-state index contributed by atoms with van der Waals surface area (Å²) in [6, 6.07) is 6.83. The van der Waals surface area contributed by atoms with Crippen LogP contribution in [0.25, 0.3) is 0 Å². The van der Waals surface area contributed by atoms with E-state index in [0.717, 1.165) is 24.1 Å². The quantitative estimate of drug-likeness (QED) is 0.872. The third kappa shape index (κ3) is 3.32. The number of nitrogens with one attached hydrogen (secondary N) is 1. The number of hydrogen-bond donors (Lipinski definition) is 1. The first-order valence-corrected chi connectivity index (χ1v) is 7.37. The number of aryl methyl sites for hydroxylation is 1. The molecule has 1 aliphatic carbocycles. The Labute approximate surface area is 111 Å². The first-order chi connectivity index (χ1) is 8.70. The van der Waals surface area contributed by atoms with Crippen molar-refractivity contribution < 1.29 is 0 Å². The van der Waals surface area contributed by atoms with Crippen LogP contribution >= 0.6 is 0 Å². The first kappa shape index (κ1) is 13.5. The van der Waals surface area contributed by atoms with Crippen LogP contribution in [0.5, 0.6) is 0 Å². The van der Waals surface area contributed by atoms with Crippen molar-refractivity contribution in [3.8, 4) is 0 Å². The summed E-state index contributed by atoms with van der Waals surface area (Å²) in [5.41, 5.74) is 2.36. The minimum absolute atomic E-state index is 0.442. The minimum Gasteiger partial charge on any atom is -0.309 e. The third-order valence-electron chi connectivity index (χ3n) is 4.10. The Balaban J connectivity index is 2.16. The van der Waals surface area contributed by atoms with E-state index < -0.39 is 0 Å². The summed E-state index contributed by atoms with van der Waals surface area (Å²) in [5.74, 6) is 1.62. The maximum atomic E-state index is 4.73. The maximum Gasteiger partial charge on any atom is 0.0579 e. The zero-order valence-electron chi connectivity index (χ0n) is 11.9. The van der Waals surface area contributed by atoms with Crippen LogP contribution in [0.15, 0.2) is 18.2 Å². The van der Waals surface area contributed by atoms with Gasteiger partial charge in [0.2, 0.25) is 0 Å². The van der Waals surface area contributed by atoms with Gasteiger partial charge in [0.1, 0.15) is 0 Å². The normalized spacial score (nSPS) is 25.9. The molecule has 0 radical (unpaired) electrons. The predicted octanol–water partition coefficient (Wildman–Crippen LogP) is 3.87. The highest BCUT2D eigenvalue weighted by atomic mass is 14.9. The topological polar surface area (TPSA) is 24.9 Å². The Bertz CT molecular complexity index is 375. The number of aromatic nitrogens is 1. The van der Waals surface area contributed by atoms with Gasteiger partial charge in [-0.3, -0.25) is 4.98 Å². The molecule has 3 atom stereocenters. The Morgan fingerprint density at radius 3 is 2.89 bits per heavy atom. The van der Waals surface area contributed by atoms with Crippen molar-refractivity contribution in [2.24, 2.45) is 11.8 Å². The summed E-state index contributed by atoms with van der Waals surface area (Å²) in [7, 11) is 0. The van der Waals surface area contributed by atoms with Crippen molar-refractivity contribution in [3.05, 3.63) is 29.6 Å². The molecule has 1 aromatic heterocycles. The fourth-order valence-corrected chi connectivity index (χ4v) is 3.25. The Morgan fingerprint density at radius 1 is 1.39 bits per heavy atom. The smallest absolute Gasteiger partial charge is 0.0579 e. The molecule has 1 saturated carbocycles. The van der Waals surface area contributed by atoms with Crippen molar-refractivity contribution in [2.45, 2.75) is 52.5 Å². The van der Waals surface area contributed by atoms with Crippen molar-refractivity contribution in [2.75, 3.05) is 6.54 Å². The van der Waals surface area contributed by atoms with Gasteiger partial charge in [-0.05, 0) is 50.3 Å². The van der Waals surface area contributed by atoms with Gasteiger partial charge in [0.15, 0.2) is 0 Å². The van der Waals surface area contributed by atoms with E-state index in [-0.39, 0.29) is 0 Å². The van der Waals surface area contributed by atoms with E-state index in [1.54, 1.807) is 0 Å². The fourth-order valence-electron chi connectivity index (χ4n) is 3.25. The van der Waals surface area contributed by atoms with Crippen LogP contribution in [-0.4, -0.2) is 11.5 Å². The van der Waals surface area contributed by atoms with E-state index in [1.165, 1.54) is 31.4 Å². The number of hydrogen-bond acceptors (Lipinski definition) is 2. The van der Waals surface area contributed by atoms with Gasteiger partial charge in [-0.25, -0.2) is 0 Å². The second kappa shape index (κ2) is 6.33. The van der Waals surface area contributed by atoms with Gasteiger partial charge < -0.3 is 5.32 Å². The van der Waals surface area contributed by atoms with Crippen LogP contribution in [0.2, 0.25) is 0 Å². The van der Waals surface area contributed by atoms with Crippen LogP contribution in [0, 0.1) is 18.8 Å². The summed E-state index contributed by atoms with van der Waals surface area (Å²) >= 11 is 0. The van der Waals surface area contributed by atoms with Gasteiger partial charge in [0, 0.05) is 5.69 Å². The molecule has 2 nitrogen and oxygen atoms in total. The molecule has 0 amide bonds. The minimum atomic E-state index is 0.442. The number of nitrogens with zero attached hydrogens (tertiary/aromatic N) is 1. The van der Waals surface area contributed by atoms with Crippen molar-refractivity contribution in [1.29, 1.82) is 0 Å². The Hall–Kier alpha value is -0.890. The van der Waals surface area contributed by atoms with Crippen LogP contribution < -0.4 is 5.32 Å². The second-order valence-electron chi connectivity index (χ2n) is 5.77. The molecule has 1 aromatic rings. The van der Waals surface area contributed by atoms with E-state index in [2.05, 4.69) is 44.3 Å². The number of pyridine rings is 1. The molecule has 2 heteroatoms. The summed E-state index contributed by atoms with van der Waals surface area (Å²) in [5, 5.41) is 3.65. The molecule has 2 rings (SSSR count). The highest BCUT2D eigenvalue weighted by Crippen LogP contribution is 2.36. The Morgan fingerprint density at radius 2 is 2.22 bits per heavy atom. The average Bonchev–Trinajstić information content (AvgIpc) is 2.36. The predicted molar refractivity (Wildman–Crippen MR) is 76.5 cm³/mol. The maximum absolute atomic E-state index is 4.73. The molecule has 1 fully saturated rings.